The van der Waals surface area contributed by atoms with Crippen molar-refractivity contribution in [3.05, 3.63) is 63.7 Å². The zero-order chi connectivity index (χ0) is 20.1. The fourth-order valence-electron chi connectivity index (χ4n) is 2.60. The Morgan fingerprint density at radius 1 is 1.29 bits per heavy atom. The summed E-state index contributed by atoms with van der Waals surface area (Å²) in [5.74, 6) is -0.169. The lowest BCUT2D eigenvalue weighted by molar-refractivity contribution is -0.385. The molecule has 0 aliphatic heterocycles. The van der Waals surface area contributed by atoms with Crippen molar-refractivity contribution in [3.8, 4) is 22.1 Å². The summed E-state index contributed by atoms with van der Waals surface area (Å²) in [7, 11) is 1.41. The summed E-state index contributed by atoms with van der Waals surface area (Å²) in [6.45, 7) is 2.06. The summed E-state index contributed by atoms with van der Waals surface area (Å²) in [6, 6.07) is 9.61. The minimum atomic E-state index is -0.622. The van der Waals surface area contributed by atoms with Gasteiger partial charge in [-0.1, -0.05) is 12.1 Å². The molecule has 0 bridgehead atoms. The summed E-state index contributed by atoms with van der Waals surface area (Å²) in [5, 5.41) is 16.8. The van der Waals surface area contributed by atoms with Crippen LogP contribution in [0.4, 0.5) is 11.4 Å². The normalized spacial score (nSPS) is 10.4. The number of carbonyl (C=O) groups excluding carboxylic acids is 1. The van der Waals surface area contributed by atoms with E-state index in [9.17, 15) is 14.9 Å². The number of rotatable bonds is 7. The van der Waals surface area contributed by atoms with Crippen LogP contribution in [0.2, 0.25) is 0 Å². The number of aromatic nitrogens is 1. The molecule has 3 rings (SSSR count). The third-order valence-corrected chi connectivity index (χ3v) is 4.65. The number of anilines is 1. The molecule has 9 heteroatoms. The molecule has 3 aromatic rings. The zero-order valence-corrected chi connectivity index (χ0v) is 16.0. The standard InChI is InChI=1S/C19H17N3O5S/c1-3-27-17-11-15(22(24)25)14(10-16(17)26-2)18(23)21-13-6-4-5-12(9-13)19-20-7-8-28-19/h4-11H,3H2,1-2H3,(H,21,23). The van der Waals surface area contributed by atoms with E-state index in [2.05, 4.69) is 10.3 Å². The summed E-state index contributed by atoms with van der Waals surface area (Å²) in [5.41, 5.74) is 0.856. The quantitative estimate of drug-likeness (QED) is 0.467. The van der Waals surface area contributed by atoms with Crippen LogP contribution in [0.3, 0.4) is 0 Å². The molecule has 1 amide bonds. The third kappa shape index (κ3) is 4.09. The molecule has 0 spiro atoms. The van der Waals surface area contributed by atoms with Crippen molar-refractivity contribution in [2.24, 2.45) is 0 Å². The molecule has 0 fully saturated rings. The number of hydrogen-bond acceptors (Lipinski definition) is 7. The number of carbonyl (C=O) groups is 1. The van der Waals surface area contributed by atoms with Crippen molar-refractivity contribution in [2.45, 2.75) is 6.92 Å². The van der Waals surface area contributed by atoms with Crippen molar-refractivity contribution >= 4 is 28.6 Å². The highest BCUT2D eigenvalue weighted by Crippen LogP contribution is 2.35. The number of amides is 1. The highest BCUT2D eigenvalue weighted by Gasteiger charge is 2.25. The first kappa shape index (κ1) is 19.3. The van der Waals surface area contributed by atoms with Crippen LogP contribution in [0, 0.1) is 10.1 Å². The van der Waals surface area contributed by atoms with E-state index in [1.165, 1.54) is 30.6 Å². The molecule has 1 N–H and O–H groups in total. The fraction of sp³-hybridized carbons (Fsp3) is 0.158. The topological polar surface area (TPSA) is 104 Å². The Morgan fingerprint density at radius 2 is 2.11 bits per heavy atom. The molecule has 0 saturated carbocycles. The van der Waals surface area contributed by atoms with Crippen molar-refractivity contribution in [1.82, 2.24) is 4.98 Å². The van der Waals surface area contributed by atoms with Gasteiger partial charge in [0, 0.05) is 28.9 Å². The van der Waals surface area contributed by atoms with E-state index in [0.29, 0.717) is 12.3 Å². The van der Waals surface area contributed by atoms with E-state index in [1.807, 2.05) is 11.4 Å². The largest absolute Gasteiger partial charge is 0.493 e. The average molecular weight is 399 g/mol. The van der Waals surface area contributed by atoms with Crippen LogP contribution >= 0.6 is 11.3 Å². The van der Waals surface area contributed by atoms with Gasteiger partial charge in [0.15, 0.2) is 11.5 Å². The summed E-state index contributed by atoms with van der Waals surface area (Å²) in [6.07, 6.45) is 1.70. The molecular formula is C19H17N3O5S. The van der Waals surface area contributed by atoms with Gasteiger partial charge >= 0.3 is 0 Å². The van der Waals surface area contributed by atoms with Gasteiger partial charge in [-0.15, -0.1) is 11.3 Å². The number of nitro groups is 1. The van der Waals surface area contributed by atoms with Crippen molar-refractivity contribution in [2.75, 3.05) is 19.0 Å². The molecule has 0 radical (unpaired) electrons. The first-order valence-corrected chi connectivity index (χ1v) is 9.22. The van der Waals surface area contributed by atoms with Gasteiger partial charge in [-0.25, -0.2) is 4.98 Å². The van der Waals surface area contributed by atoms with Crippen LogP contribution in [-0.2, 0) is 0 Å². The van der Waals surface area contributed by atoms with Gasteiger partial charge in [-0.3, -0.25) is 14.9 Å². The molecule has 1 aromatic heterocycles. The van der Waals surface area contributed by atoms with Gasteiger partial charge in [-0.2, -0.15) is 0 Å². The Hall–Kier alpha value is -3.46. The van der Waals surface area contributed by atoms with E-state index in [4.69, 9.17) is 9.47 Å². The van der Waals surface area contributed by atoms with E-state index >= 15 is 0 Å². The Labute approximate surface area is 164 Å². The Balaban J connectivity index is 1.94. The van der Waals surface area contributed by atoms with Crippen LogP contribution in [0.15, 0.2) is 48.0 Å². The maximum Gasteiger partial charge on any atom is 0.286 e. The Kier molecular flexibility index (Phi) is 5.85. The van der Waals surface area contributed by atoms with E-state index in [0.717, 1.165) is 10.6 Å². The number of nitrogens with zero attached hydrogens (tertiary/aromatic N) is 2. The average Bonchev–Trinajstić information content (AvgIpc) is 3.23. The van der Waals surface area contributed by atoms with Crippen molar-refractivity contribution < 1.29 is 19.2 Å². The number of nitro benzene ring substituents is 1. The lowest BCUT2D eigenvalue weighted by atomic mass is 10.1. The second kappa shape index (κ2) is 8.49. The maximum atomic E-state index is 12.7. The Bertz CT molecular complexity index is 1000. The second-order valence-corrected chi connectivity index (χ2v) is 6.48. The maximum absolute atomic E-state index is 12.7. The summed E-state index contributed by atoms with van der Waals surface area (Å²) >= 11 is 1.47. The monoisotopic (exact) mass is 399 g/mol. The number of nitrogens with one attached hydrogen (secondary N) is 1. The van der Waals surface area contributed by atoms with Crippen LogP contribution in [0.5, 0.6) is 11.5 Å². The molecule has 28 heavy (non-hydrogen) atoms. The van der Waals surface area contributed by atoms with Gasteiger partial charge in [-0.05, 0) is 19.1 Å². The Morgan fingerprint density at radius 3 is 2.75 bits per heavy atom. The second-order valence-electron chi connectivity index (χ2n) is 5.58. The lowest BCUT2D eigenvalue weighted by Gasteiger charge is -2.12. The number of benzene rings is 2. The van der Waals surface area contributed by atoms with Crippen LogP contribution in [0.25, 0.3) is 10.6 Å². The van der Waals surface area contributed by atoms with Crippen LogP contribution in [0.1, 0.15) is 17.3 Å². The van der Waals surface area contributed by atoms with Crippen LogP contribution in [-0.4, -0.2) is 29.5 Å². The highest BCUT2D eigenvalue weighted by molar-refractivity contribution is 7.13. The van der Waals surface area contributed by atoms with Crippen molar-refractivity contribution in [3.63, 3.8) is 0 Å². The van der Waals surface area contributed by atoms with Crippen LogP contribution < -0.4 is 14.8 Å². The highest BCUT2D eigenvalue weighted by atomic mass is 32.1. The minimum Gasteiger partial charge on any atom is -0.493 e. The molecule has 0 aliphatic carbocycles. The molecule has 0 atom stereocenters. The summed E-state index contributed by atoms with van der Waals surface area (Å²) < 4.78 is 10.6. The number of methoxy groups -OCH3 is 1. The van der Waals surface area contributed by atoms with E-state index in [-0.39, 0.29) is 22.7 Å². The fourth-order valence-corrected chi connectivity index (χ4v) is 3.24. The molecule has 0 saturated heterocycles. The molecule has 2 aromatic carbocycles. The number of hydrogen-bond donors (Lipinski definition) is 1. The predicted molar refractivity (Wildman–Crippen MR) is 106 cm³/mol. The minimum absolute atomic E-state index is 0.120. The lowest BCUT2D eigenvalue weighted by Crippen LogP contribution is -2.14. The van der Waals surface area contributed by atoms with E-state index < -0.39 is 10.8 Å². The van der Waals surface area contributed by atoms with Gasteiger partial charge in [0.05, 0.1) is 24.7 Å². The summed E-state index contributed by atoms with van der Waals surface area (Å²) in [4.78, 5) is 27.8. The van der Waals surface area contributed by atoms with E-state index in [1.54, 1.807) is 31.3 Å². The molecule has 8 nitrogen and oxygen atoms in total. The molecule has 1 heterocycles. The van der Waals surface area contributed by atoms with Gasteiger partial charge in [0.2, 0.25) is 0 Å². The first-order valence-electron chi connectivity index (χ1n) is 8.34. The van der Waals surface area contributed by atoms with Gasteiger partial charge in [0.25, 0.3) is 11.6 Å². The van der Waals surface area contributed by atoms with Gasteiger partial charge in [0.1, 0.15) is 10.6 Å². The molecule has 144 valence electrons. The van der Waals surface area contributed by atoms with Gasteiger partial charge < -0.3 is 14.8 Å². The SMILES string of the molecule is CCOc1cc([N+](=O)[O-])c(C(=O)Nc2cccc(-c3nccs3)c2)cc1OC. The molecule has 0 aliphatic rings. The molecular weight excluding hydrogens is 382 g/mol. The number of thiazole rings is 1. The molecule has 0 unspecified atom stereocenters. The van der Waals surface area contributed by atoms with Crippen molar-refractivity contribution in [1.29, 1.82) is 0 Å². The first-order chi connectivity index (χ1) is 13.5. The number of ether oxygens (including phenoxy) is 2. The zero-order valence-electron chi connectivity index (χ0n) is 15.2. The predicted octanol–water partition coefficient (Wildman–Crippen LogP) is 4.38. The third-order valence-electron chi connectivity index (χ3n) is 3.82. The smallest absolute Gasteiger partial charge is 0.286 e.